The Bertz CT molecular complexity index is 459. The SMILES string of the molecule is COC(=O)C1CC(=O)Nc2cc(F)ccc21. The topological polar surface area (TPSA) is 55.4 Å². The van der Waals surface area contributed by atoms with E-state index in [9.17, 15) is 14.0 Å². The highest BCUT2D eigenvalue weighted by Gasteiger charge is 2.31. The van der Waals surface area contributed by atoms with E-state index in [4.69, 9.17) is 0 Å². The summed E-state index contributed by atoms with van der Waals surface area (Å²) in [5.41, 5.74) is 0.930. The minimum Gasteiger partial charge on any atom is -0.469 e. The van der Waals surface area contributed by atoms with E-state index in [0.717, 1.165) is 0 Å². The van der Waals surface area contributed by atoms with E-state index in [1.807, 2.05) is 0 Å². The van der Waals surface area contributed by atoms with E-state index in [2.05, 4.69) is 10.1 Å². The predicted octanol–water partition coefficient (Wildman–Crippen LogP) is 1.42. The van der Waals surface area contributed by atoms with Crippen LogP contribution in [-0.4, -0.2) is 19.0 Å². The van der Waals surface area contributed by atoms with Crippen molar-refractivity contribution in [2.24, 2.45) is 0 Å². The molecule has 1 aliphatic heterocycles. The number of hydrogen-bond donors (Lipinski definition) is 1. The summed E-state index contributed by atoms with van der Waals surface area (Å²) in [7, 11) is 1.26. The van der Waals surface area contributed by atoms with Gasteiger partial charge in [-0.1, -0.05) is 6.07 Å². The minimum absolute atomic E-state index is 0.0330. The van der Waals surface area contributed by atoms with Crippen molar-refractivity contribution in [1.29, 1.82) is 0 Å². The Morgan fingerprint density at radius 2 is 2.31 bits per heavy atom. The highest BCUT2D eigenvalue weighted by Crippen LogP contribution is 2.33. The van der Waals surface area contributed by atoms with E-state index in [-0.39, 0.29) is 12.3 Å². The number of hydrogen-bond acceptors (Lipinski definition) is 3. The molecule has 1 N–H and O–H groups in total. The summed E-state index contributed by atoms with van der Waals surface area (Å²) >= 11 is 0. The second-order valence-electron chi connectivity index (χ2n) is 3.56. The van der Waals surface area contributed by atoms with Crippen molar-refractivity contribution in [3.63, 3.8) is 0 Å². The monoisotopic (exact) mass is 223 g/mol. The van der Waals surface area contributed by atoms with Crippen LogP contribution in [0, 0.1) is 5.82 Å². The lowest BCUT2D eigenvalue weighted by Gasteiger charge is -2.23. The smallest absolute Gasteiger partial charge is 0.313 e. The standard InChI is InChI=1S/C11H10FNO3/c1-16-11(15)8-5-10(14)13-9-4-6(12)2-3-7(8)9/h2-4,8H,5H2,1H3,(H,13,14). The molecule has 1 heterocycles. The fraction of sp³-hybridized carbons (Fsp3) is 0.273. The van der Waals surface area contributed by atoms with Gasteiger partial charge in [0.15, 0.2) is 0 Å². The summed E-state index contributed by atoms with van der Waals surface area (Å²) in [6, 6.07) is 3.94. The molecule has 16 heavy (non-hydrogen) atoms. The van der Waals surface area contributed by atoms with Crippen LogP contribution in [0.3, 0.4) is 0 Å². The van der Waals surface area contributed by atoms with E-state index in [1.54, 1.807) is 0 Å². The molecule has 1 unspecified atom stereocenters. The summed E-state index contributed by atoms with van der Waals surface area (Å²) < 4.78 is 17.6. The zero-order valence-electron chi connectivity index (χ0n) is 8.62. The molecule has 0 bridgehead atoms. The van der Waals surface area contributed by atoms with Crippen LogP contribution in [0.1, 0.15) is 17.9 Å². The van der Waals surface area contributed by atoms with Gasteiger partial charge in [0, 0.05) is 12.1 Å². The number of carbonyl (C=O) groups is 2. The molecule has 0 spiro atoms. The Kier molecular flexibility index (Phi) is 2.60. The third-order valence-corrected chi connectivity index (χ3v) is 2.54. The summed E-state index contributed by atoms with van der Waals surface area (Å²) in [5, 5.41) is 2.52. The van der Waals surface area contributed by atoms with Gasteiger partial charge in [-0.25, -0.2) is 4.39 Å². The number of amides is 1. The first kappa shape index (κ1) is 10.6. The molecule has 5 heteroatoms. The van der Waals surface area contributed by atoms with Crippen LogP contribution >= 0.6 is 0 Å². The van der Waals surface area contributed by atoms with Gasteiger partial charge in [0.1, 0.15) is 5.82 Å². The Balaban J connectivity index is 2.45. The van der Waals surface area contributed by atoms with Crippen LogP contribution in [0.25, 0.3) is 0 Å². The lowest BCUT2D eigenvalue weighted by Crippen LogP contribution is -2.28. The number of ether oxygens (including phenoxy) is 1. The van der Waals surface area contributed by atoms with E-state index in [0.29, 0.717) is 11.3 Å². The maximum atomic E-state index is 13.0. The molecule has 4 nitrogen and oxygen atoms in total. The normalized spacial score (nSPS) is 18.6. The molecular formula is C11H10FNO3. The summed E-state index contributed by atoms with van der Waals surface area (Å²) in [6.45, 7) is 0. The Morgan fingerprint density at radius 1 is 1.56 bits per heavy atom. The number of anilines is 1. The third kappa shape index (κ3) is 1.76. The second-order valence-corrected chi connectivity index (χ2v) is 3.56. The van der Waals surface area contributed by atoms with Gasteiger partial charge in [0.2, 0.25) is 5.91 Å². The molecule has 0 radical (unpaired) electrons. The zero-order chi connectivity index (χ0) is 11.7. The lowest BCUT2D eigenvalue weighted by molar-refractivity contribution is -0.143. The van der Waals surface area contributed by atoms with Gasteiger partial charge in [-0.3, -0.25) is 9.59 Å². The minimum atomic E-state index is -0.644. The van der Waals surface area contributed by atoms with Gasteiger partial charge in [-0.2, -0.15) is 0 Å². The average molecular weight is 223 g/mol. The van der Waals surface area contributed by atoms with Crippen LogP contribution in [0.15, 0.2) is 18.2 Å². The number of carbonyl (C=O) groups excluding carboxylic acids is 2. The van der Waals surface area contributed by atoms with Crippen molar-refractivity contribution >= 4 is 17.6 Å². The first-order valence-electron chi connectivity index (χ1n) is 4.79. The Morgan fingerprint density at radius 3 is 3.00 bits per heavy atom. The maximum absolute atomic E-state index is 13.0. The number of halogens is 1. The van der Waals surface area contributed by atoms with Crippen LogP contribution < -0.4 is 5.32 Å². The lowest BCUT2D eigenvalue weighted by atomic mass is 9.90. The zero-order valence-corrected chi connectivity index (χ0v) is 8.62. The van der Waals surface area contributed by atoms with Crippen molar-refractivity contribution in [2.45, 2.75) is 12.3 Å². The van der Waals surface area contributed by atoms with Crippen molar-refractivity contribution in [3.8, 4) is 0 Å². The first-order chi connectivity index (χ1) is 7.61. The molecule has 1 atom stereocenters. The quantitative estimate of drug-likeness (QED) is 0.732. The molecular weight excluding hydrogens is 213 g/mol. The highest BCUT2D eigenvalue weighted by molar-refractivity contribution is 5.99. The Hall–Kier alpha value is -1.91. The number of rotatable bonds is 1. The number of fused-ring (bicyclic) bond motifs is 1. The van der Waals surface area contributed by atoms with Crippen molar-refractivity contribution in [1.82, 2.24) is 0 Å². The molecule has 0 aromatic heterocycles. The van der Waals surface area contributed by atoms with Crippen LogP contribution in [0.5, 0.6) is 0 Å². The van der Waals surface area contributed by atoms with Crippen molar-refractivity contribution < 1.29 is 18.7 Å². The molecule has 0 saturated heterocycles. The maximum Gasteiger partial charge on any atom is 0.313 e. The average Bonchev–Trinajstić information content (AvgIpc) is 2.26. The van der Waals surface area contributed by atoms with Crippen LogP contribution in [0.4, 0.5) is 10.1 Å². The van der Waals surface area contributed by atoms with Crippen LogP contribution in [0.2, 0.25) is 0 Å². The van der Waals surface area contributed by atoms with Gasteiger partial charge in [0.05, 0.1) is 13.0 Å². The number of methoxy groups -OCH3 is 1. The molecule has 0 fully saturated rings. The molecule has 1 aliphatic rings. The van der Waals surface area contributed by atoms with Gasteiger partial charge in [0.25, 0.3) is 0 Å². The van der Waals surface area contributed by atoms with E-state index >= 15 is 0 Å². The van der Waals surface area contributed by atoms with Gasteiger partial charge < -0.3 is 10.1 Å². The fourth-order valence-electron chi connectivity index (χ4n) is 1.79. The second kappa shape index (κ2) is 3.92. The number of esters is 1. The Labute approximate surface area is 91.4 Å². The van der Waals surface area contributed by atoms with Crippen molar-refractivity contribution in [3.05, 3.63) is 29.6 Å². The summed E-state index contributed by atoms with van der Waals surface area (Å²) in [4.78, 5) is 22.8. The van der Waals surface area contributed by atoms with Gasteiger partial charge in [-0.15, -0.1) is 0 Å². The third-order valence-electron chi connectivity index (χ3n) is 2.54. The van der Waals surface area contributed by atoms with E-state index in [1.165, 1.54) is 25.3 Å². The number of nitrogens with one attached hydrogen (secondary N) is 1. The first-order valence-corrected chi connectivity index (χ1v) is 4.79. The predicted molar refractivity (Wildman–Crippen MR) is 54.4 cm³/mol. The number of benzene rings is 1. The van der Waals surface area contributed by atoms with Gasteiger partial charge in [-0.05, 0) is 17.7 Å². The molecule has 2 rings (SSSR count). The molecule has 0 aliphatic carbocycles. The molecule has 1 amide bonds. The molecule has 84 valence electrons. The molecule has 1 aromatic rings. The summed E-state index contributed by atoms with van der Waals surface area (Å²) in [6.07, 6.45) is 0.0330. The highest BCUT2D eigenvalue weighted by atomic mass is 19.1. The van der Waals surface area contributed by atoms with Gasteiger partial charge >= 0.3 is 5.97 Å². The summed E-state index contributed by atoms with van der Waals surface area (Å²) in [5.74, 6) is -1.89. The van der Waals surface area contributed by atoms with Crippen molar-refractivity contribution in [2.75, 3.05) is 12.4 Å². The fourth-order valence-corrected chi connectivity index (χ4v) is 1.79. The molecule has 1 aromatic carbocycles. The molecule has 0 saturated carbocycles. The van der Waals surface area contributed by atoms with E-state index < -0.39 is 17.7 Å². The largest absolute Gasteiger partial charge is 0.469 e. The van der Waals surface area contributed by atoms with Crippen LogP contribution in [-0.2, 0) is 14.3 Å².